The van der Waals surface area contributed by atoms with Crippen molar-refractivity contribution in [1.82, 2.24) is 4.90 Å². The van der Waals surface area contributed by atoms with E-state index >= 15 is 0 Å². The van der Waals surface area contributed by atoms with E-state index < -0.39 is 16.0 Å². The van der Waals surface area contributed by atoms with E-state index in [0.29, 0.717) is 55.5 Å². The van der Waals surface area contributed by atoms with Crippen molar-refractivity contribution < 1.29 is 26.9 Å². The maximum absolute atomic E-state index is 13.9. The molecular formula is C33H39NO6S. The van der Waals surface area contributed by atoms with Gasteiger partial charge in [-0.15, -0.1) is 0 Å². The number of hydrogen-bond donors (Lipinski definition) is 0. The van der Waals surface area contributed by atoms with Crippen molar-refractivity contribution in [2.45, 2.75) is 70.6 Å². The average molecular weight is 578 g/mol. The van der Waals surface area contributed by atoms with Crippen LogP contribution in [0.25, 0.3) is 0 Å². The number of rotatable bonds is 8. The molecule has 0 atom stereocenters. The second kappa shape index (κ2) is 10.9. The number of hydrogen-bond acceptors (Lipinski definition) is 7. The van der Waals surface area contributed by atoms with Crippen molar-refractivity contribution in [3.63, 3.8) is 0 Å². The monoisotopic (exact) mass is 577 g/mol. The maximum Gasteiger partial charge on any atom is 0.339 e. The van der Waals surface area contributed by atoms with Gasteiger partial charge in [-0.3, -0.25) is 9.59 Å². The van der Waals surface area contributed by atoms with Gasteiger partial charge in [0.25, 0.3) is 0 Å². The number of carbonyl (C=O) groups excluding carboxylic acids is 2. The Bertz CT molecular complexity index is 1480. The largest absolute Gasteiger partial charge is 0.385 e. The van der Waals surface area contributed by atoms with E-state index in [1.54, 1.807) is 43.5 Å². The summed E-state index contributed by atoms with van der Waals surface area (Å²) in [5, 5.41) is 0. The third-order valence-corrected chi connectivity index (χ3v) is 9.44. The highest BCUT2D eigenvalue weighted by Gasteiger charge is 2.48. The van der Waals surface area contributed by atoms with E-state index in [-0.39, 0.29) is 33.0 Å². The Balaban J connectivity index is 1.65. The summed E-state index contributed by atoms with van der Waals surface area (Å²) >= 11 is 0. The lowest BCUT2D eigenvalue weighted by atomic mass is 9.63. The minimum Gasteiger partial charge on any atom is -0.385 e. The third kappa shape index (κ3) is 5.90. The van der Waals surface area contributed by atoms with E-state index in [0.717, 1.165) is 17.8 Å². The maximum atomic E-state index is 13.9. The molecule has 0 bridgehead atoms. The Morgan fingerprint density at radius 1 is 0.829 bits per heavy atom. The number of Topliss-reactive ketones (excluding diaryl/α,β-unsaturated/α-hetero) is 2. The fourth-order valence-corrected chi connectivity index (χ4v) is 7.47. The van der Waals surface area contributed by atoms with Crippen molar-refractivity contribution in [1.29, 1.82) is 0 Å². The van der Waals surface area contributed by atoms with Crippen LogP contribution in [0, 0.1) is 10.8 Å². The molecule has 1 aliphatic heterocycles. The normalized spacial score (nSPS) is 20.7. The number of nitrogens with zero attached hydrogens (tertiary/aromatic N) is 1. The molecule has 218 valence electrons. The molecule has 2 aromatic carbocycles. The van der Waals surface area contributed by atoms with Crippen LogP contribution in [0.15, 0.2) is 82.0 Å². The molecule has 0 radical (unpaired) electrons. The van der Waals surface area contributed by atoms with Gasteiger partial charge in [-0.2, -0.15) is 8.42 Å². The Hall–Kier alpha value is -3.23. The summed E-state index contributed by atoms with van der Waals surface area (Å²) in [6, 6.07) is 14.8. The minimum atomic E-state index is -4.06. The second-order valence-electron chi connectivity index (χ2n) is 13.0. The van der Waals surface area contributed by atoms with Gasteiger partial charge in [0.1, 0.15) is 10.6 Å². The van der Waals surface area contributed by atoms with Crippen molar-refractivity contribution in [3.8, 4) is 5.75 Å². The van der Waals surface area contributed by atoms with Gasteiger partial charge in [0.05, 0.1) is 0 Å². The first-order valence-corrected chi connectivity index (χ1v) is 15.6. The predicted molar refractivity (Wildman–Crippen MR) is 157 cm³/mol. The average Bonchev–Trinajstić information content (AvgIpc) is 2.88. The van der Waals surface area contributed by atoms with Gasteiger partial charge in [-0.05, 0) is 59.9 Å². The first-order valence-electron chi connectivity index (χ1n) is 14.2. The first kappa shape index (κ1) is 29.3. The van der Waals surface area contributed by atoms with Crippen molar-refractivity contribution in [2.24, 2.45) is 10.8 Å². The summed E-state index contributed by atoms with van der Waals surface area (Å²) in [5.74, 6) is -0.366. The number of ether oxygens (including phenoxy) is 1. The van der Waals surface area contributed by atoms with Crippen molar-refractivity contribution in [2.75, 3.05) is 20.3 Å². The number of carbonyl (C=O) groups is 2. The van der Waals surface area contributed by atoms with E-state index in [4.69, 9.17) is 8.92 Å². The molecule has 1 heterocycles. The van der Waals surface area contributed by atoms with E-state index in [9.17, 15) is 18.0 Å². The molecule has 0 spiro atoms. The van der Waals surface area contributed by atoms with Crippen LogP contribution in [0.1, 0.15) is 71.3 Å². The molecule has 0 unspecified atom stereocenters. The molecular weight excluding hydrogens is 538 g/mol. The lowest BCUT2D eigenvalue weighted by Gasteiger charge is -2.49. The Kier molecular flexibility index (Phi) is 7.76. The molecule has 0 saturated heterocycles. The van der Waals surface area contributed by atoms with Crippen LogP contribution in [-0.4, -0.2) is 45.1 Å². The Morgan fingerprint density at radius 2 is 1.41 bits per heavy atom. The summed E-state index contributed by atoms with van der Waals surface area (Å²) in [6.45, 7) is 9.68. The van der Waals surface area contributed by atoms with Gasteiger partial charge in [0.15, 0.2) is 11.6 Å². The molecule has 0 amide bonds. The van der Waals surface area contributed by atoms with Crippen LogP contribution >= 0.6 is 0 Å². The smallest absolute Gasteiger partial charge is 0.339 e. The molecule has 7 nitrogen and oxygen atoms in total. The van der Waals surface area contributed by atoms with E-state index in [1.165, 1.54) is 12.1 Å². The van der Waals surface area contributed by atoms with Crippen molar-refractivity contribution >= 4 is 21.7 Å². The molecule has 0 fully saturated rings. The summed E-state index contributed by atoms with van der Waals surface area (Å²) in [7, 11) is -2.38. The van der Waals surface area contributed by atoms with Crippen LogP contribution in [0.4, 0.5) is 0 Å². The van der Waals surface area contributed by atoms with Gasteiger partial charge in [-0.25, -0.2) is 0 Å². The number of ketones is 2. The Morgan fingerprint density at radius 3 is 1.98 bits per heavy atom. The van der Waals surface area contributed by atoms with Crippen molar-refractivity contribution in [3.05, 3.63) is 82.7 Å². The zero-order valence-electron chi connectivity index (χ0n) is 24.5. The molecule has 0 aromatic heterocycles. The lowest BCUT2D eigenvalue weighted by Crippen LogP contribution is -2.44. The third-order valence-electron chi connectivity index (χ3n) is 8.18. The Labute approximate surface area is 243 Å². The number of allylic oxidation sites excluding steroid dienone is 4. The highest BCUT2D eigenvalue weighted by Crippen LogP contribution is 2.54. The quantitative estimate of drug-likeness (QED) is 0.274. The molecule has 0 N–H and O–H groups in total. The molecule has 41 heavy (non-hydrogen) atoms. The van der Waals surface area contributed by atoms with Crippen LogP contribution in [0.2, 0.25) is 0 Å². The molecule has 8 heteroatoms. The van der Waals surface area contributed by atoms with Gasteiger partial charge in [-0.1, -0.05) is 58.0 Å². The number of benzene rings is 2. The fourth-order valence-electron chi connectivity index (χ4n) is 6.53. The van der Waals surface area contributed by atoms with E-state index in [1.807, 2.05) is 6.07 Å². The fraction of sp³-hybridized carbons (Fsp3) is 0.455. The van der Waals surface area contributed by atoms with Gasteiger partial charge < -0.3 is 13.8 Å². The van der Waals surface area contributed by atoms with Gasteiger partial charge in [0, 0.05) is 61.6 Å². The van der Waals surface area contributed by atoms with Gasteiger partial charge >= 0.3 is 10.1 Å². The van der Waals surface area contributed by atoms with Crippen LogP contribution in [0.3, 0.4) is 0 Å². The topological polar surface area (TPSA) is 90.0 Å². The zero-order valence-corrected chi connectivity index (χ0v) is 25.3. The molecule has 0 saturated carbocycles. The summed E-state index contributed by atoms with van der Waals surface area (Å²) in [6.07, 6.45) is 2.95. The van der Waals surface area contributed by atoms with Gasteiger partial charge in [0.2, 0.25) is 0 Å². The molecule has 5 rings (SSSR count). The predicted octanol–water partition coefficient (Wildman–Crippen LogP) is 6.18. The summed E-state index contributed by atoms with van der Waals surface area (Å²) in [4.78, 5) is 30.2. The minimum absolute atomic E-state index is 0.0328. The van der Waals surface area contributed by atoms with E-state index in [2.05, 4.69) is 32.6 Å². The standard InChI is InChI=1S/C33H39NO6S/c1-32(2)18-25-30(27(35)20-32)29(31-26(34(25)15-10-16-39-5)19-33(3,4)21-28(31)36)22-11-9-12-23(17-22)40-41(37,38)24-13-7-6-8-14-24/h6-9,11-14,17,29H,10,15-16,18-21H2,1-5H3. The highest BCUT2D eigenvalue weighted by atomic mass is 32.2. The summed E-state index contributed by atoms with van der Waals surface area (Å²) < 4.78 is 36.9. The van der Waals surface area contributed by atoms with Crippen LogP contribution < -0.4 is 4.18 Å². The summed E-state index contributed by atoms with van der Waals surface area (Å²) in [5.41, 5.74) is 3.48. The van der Waals surface area contributed by atoms with Crippen LogP contribution in [-0.2, 0) is 24.4 Å². The lowest BCUT2D eigenvalue weighted by molar-refractivity contribution is -0.119. The SMILES string of the molecule is COCCCN1C2=C(C(=O)CC(C)(C)C2)C(c2cccc(OS(=O)(=O)c3ccccc3)c2)C2=C1CC(C)(C)CC2=O. The highest BCUT2D eigenvalue weighted by molar-refractivity contribution is 7.87. The second-order valence-corrected chi connectivity index (χ2v) is 14.5. The zero-order chi connectivity index (χ0) is 29.6. The first-order chi connectivity index (χ1) is 19.3. The molecule has 2 aliphatic carbocycles. The number of methoxy groups -OCH3 is 1. The van der Waals surface area contributed by atoms with Crippen LogP contribution in [0.5, 0.6) is 5.75 Å². The molecule has 2 aromatic rings. The molecule has 3 aliphatic rings.